The SMILES string of the molecule is CCNC(Cc1c(C)nn(C)c1Cl)C1CC1C. The number of halogens is 1. The summed E-state index contributed by atoms with van der Waals surface area (Å²) in [4.78, 5) is 0. The van der Waals surface area contributed by atoms with E-state index in [1.165, 1.54) is 12.0 Å². The molecule has 1 saturated carbocycles. The van der Waals surface area contributed by atoms with E-state index >= 15 is 0 Å². The lowest BCUT2D eigenvalue weighted by molar-refractivity contribution is 0.454. The van der Waals surface area contributed by atoms with Gasteiger partial charge in [0.1, 0.15) is 5.15 Å². The van der Waals surface area contributed by atoms with E-state index in [1.54, 1.807) is 4.68 Å². The van der Waals surface area contributed by atoms with Gasteiger partial charge in [0, 0.05) is 18.7 Å². The summed E-state index contributed by atoms with van der Waals surface area (Å²) >= 11 is 6.29. The predicted octanol–water partition coefficient (Wildman–Crippen LogP) is 2.56. The summed E-state index contributed by atoms with van der Waals surface area (Å²) in [5.41, 5.74) is 2.27. The summed E-state index contributed by atoms with van der Waals surface area (Å²) in [7, 11) is 1.90. The highest BCUT2D eigenvalue weighted by Gasteiger charge is 2.39. The van der Waals surface area contributed by atoms with Crippen molar-refractivity contribution >= 4 is 11.6 Å². The van der Waals surface area contributed by atoms with Gasteiger partial charge in [-0.1, -0.05) is 25.4 Å². The van der Waals surface area contributed by atoms with Crippen LogP contribution in [-0.2, 0) is 13.5 Å². The molecule has 1 heterocycles. The largest absolute Gasteiger partial charge is 0.314 e. The molecule has 0 saturated heterocycles. The van der Waals surface area contributed by atoms with Gasteiger partial charge in [0.25, 0.3) is 0 Å². The number of aryl methyl sites for hydroxylation is 2. The average Bonchev–Trinajstić information content (AvgIpc) is 2.94. The van der Waals surface area contributed by atoms with E-state index in [-0.39, 0.29) is 0 Å². The maximum atomic E-state index is 6.29. The third-order valence-electron chi connectivity index (χ3n) is 3.85. The number of likely N-dealkylation sites (N-methyl/N-ethyl adjacent to an activating group) is 1. The zero-order valence-corrected chi connectivity index (χ0v) is 11.9. The normalized spacial score (nSPS) is 25.0. The van der Waals surface area contributed by atoms with Gasteiger partial charge in [0.15, 0.2) is 0 Å². The number of hydrogen-bond donors (Lipinski definition) is 1. The van der Waals surface area contributed by atoms with Crippen molar-refractivity contribution in [2.45, 2.75) is 39.7 Å². The quantitative estimate of drug-likeness (QED) is 0.877. The van der Waals surface area contributed by atoms with Crippen LogP contribution in [0.4, 0.5) is 0 Å². The Morgan fingerprint density at radius 1 is 1.59 bits per heavy atom. The third-order valence-corrected chi connectivity index (χ3v) is 4.32. The minimum atomic E-state index is 0.551. The Bertz CT molecular complexity index is 400. The van der Waals surface area contributed by atoms with Gasteiger partial charge in [-0.3, -0.25) is 4.68 Å². The number of nitrogens with zero attached hydrogens (tertiary/aromatic N) is 2. The lowest BCUT2D eigenvalue weighted by Gasteiger charge is -2.17. The fourth-order valence-corrected chi connectivity index (χ4v) is 2.93. The summed E-state index contributed by atoms with van der Waals surface area (Å²) in [5, 5.41) is 8.76. The van der Waals surface area contributed by atoms with E-state index in [4.69, 9.17) is 11.6 Å². The fraction of sp³-hybridized carbons (Fsp3) is 0.769. The molecule has 1 aliphatic rings. The summed E-state index contributed by atoms with van der Waals surface area (Å²) < 4.78 is 1.77. The standard InChI is InChI=1S/C13H22ClN3/c1-5-15-12(10-6-8(10)2)7-11-9(3)16-17(4)13(11)14/h8,10,12,15H,5-7H2,1-4H3. The minimum absolute atomic E-state index is 0.551. The second-order valence-corrected chi connectivity index (χ2v) is 5.58. The summed E-state index contributed by atoms with van der Waals surface area (Å²) in [6.07, 6.45) is 2.34. The van der Waals surface area contributed by atoms with Crippen LogP contribution in [0, 0.1) is 18.8 Å². The number of aromatic nitrogens is 2. The molecule has 0 radical (unpaired) electrons. The molecular formula is C13H22ClN3. The van der Waals surface area contributed by atoms with Gasteiger partial charge in [-0.2, -0.15) is 5.10 Å². The molecule has 1 aromatic heterocycles. The Hall–Kier alpha value is -0.540. The molecule has 17 heavy (non-hydrogen) atoms. The van der Waals surface area contributed by atoms with Crippen molar-refractivity contribution in [2.24, 2.45) is 18.9 Å². The maximum absolute atomic E-state index is 6.29. The Balaban J connectivity index is 2.11. The van der Waals surface area contributed by atoms with Gasteiger partial charge in [0.05, 0.1) is 5.69 Å². The monoisotopic (exact) mass is 255 g/mol. The van der Waals surface area contributed by atoms with E-state index in [1.807, 2.05) is 14.0 Å². The van der Waals surface area contributed by atoms with Crippen LogP contribution in [0.1, 0.15) is 31.5 Å². The maximum Gasteiger partial charge on any atom is 0.130 e. The molecule has 0 spiro atoms. The molecule has 3 nitrogen and oxygen atoms in total. The smallest absolute Gasteiger partial charge is 0.130 e. The molecule has 0 aliphatic heterocycles. The first-order valence-corrected chi connectivity index (χ1v) is 6.83. The van der Waals surface area contributed by atoms with E-state index in [2.05, 4.69) is 24.3 Å². The molecule has 96 valence electrons. The lowest BCUT2D eigenvalue weighted by atomic mass is 10.0. The second-order valence-electron chi connectivity index (χ2n) is 5.22. The Labute approximate surface area is 109 Å². The van der Waals surface area contributed by atoms with E-state index in [9.17, 15) is 0 Å². The highest BCUT2D eigenvalue weighted by Crippen LogP contribution is 2.42. The molecule has 1 aromatic rings. The van der Waals surface area contributed by atoms with Crippen LogP contribution in [0.3, 0.4) is 0 Å². The van der Waals surface area contributed by atoms with Crippen molar-refractivity contribution in [3.8, 4) is 0 Å². The first kappa shape index (κ1) is 12.9. The topological polar surface area (TPSA) is 29.9 Å². The first-order valence-electron chi connectivity index (χ1n) is 6.46. The van der Waals surface area contributed by atoms with Crippen LogP contribution in [0.25, 0.3) is 0 Å². The summed E-state index contributed by atoms with van der Waals surface area (Å²) in [6.45, 7) is 7.55. The van der Waals surface area contributed by atoms with Gasteiger partial charge in [0.2, 0.25) is 0 Å². The average molecular weight is 256 g/mol. The first-order chi connectivity index (χ1) is 8.04. The number of nitrogens with one attached hydrogen (secondary N) is 1. The molecule has 0 aromatic carbocycles. The van der Waals surface area contributed by atoms with Crippen molar-refractivity contribution < 1.29 is 0 Å². The Morgan fingerprint density at radius 3 is 2.65 bits per heavy atom. The van der Waals surface area contributed by atoms with Crippen molar-refractivity contribution in [2.75, 3.05) is 6.54 Å². The van der Waals surface area contributed by atoms with Crippen molar-refractivity contribution in [3.05, 3.63) is 16.4 Å². The Kier molecular flexibility index (Phi) is 3.79. The molecular weight excluding hydrogens is 234 g/mol. The molecule has 1 aliphatic carbocycles. The van der Waals surface area contributed by atoms with Crippen LogP contribution < -0.4 is 5.32 Å². The van der Waals surface area contributed by atoms with Crippen molar-refractivity contribution in [1.29, 1.82) is 0 Å². The van der Waals surface area contributed by atoms with Crippen LogP contribution in [-0.4, -0.2) is 22.4 Å². The predicted molar refractivity (Wildman–Crippen MR) is 71.4 cm³/mol. The molecule has 1 fully saturated rings. The van der Waals surface area contributed by atoms with Crippen LogP contribution >= 0.6 is 11.6 Å². The highest BCUT2D eigenvalue weighted by molar-refractivity contribution is 6.30. The van der Waals surface area contributed by atoms with Crippen LogP contribution in [0.5, 0.6) is 0 Å². The third kappa shape index (κ3) is 2.66. The summed E-state index contributed by atoms with van der Waals surface area (Å²) in [5.74, 6) is 1.67. The van der Waals surface area contributed by atoms with Crippen LogP contribution in [0.2, 0.25) is 5.15 Å². The summed E-state index contributed by atoms with van der Waals surface area (Å²) in [6, 6.07) is 0.551. The fourth-order valence-electron chi connectivity index (χ4n) is 2.67. The van der Waals surface area contributed by atoms with Gasteiger partial charge in [-0.25, -0.2) is 0 Å². The van der Waals surface area contributed by atoms with Gasteiger partial charge < -0.3 is 5.32 Å². The second kappa shape index (κ2) is 4.99. The van der Waals surface area contributed by atoms with E-state index in [0.717, 1.165) is 35.6 Å². The van der Waals surface area contributed by atoms with E-state index in [0.29, 0.717) is 6.04 Å². The zero-order valence-electron chi connectivity index (χ0n) is 11.1. The van der Waals surface area contributed by atoms with Gasteiger partial charge in [-0.05, 0) is 38.1 Å². The van der Waals surface area contributed by atoms with Crippen molar-refractivity contribution in [3.63, 3.8) is 0 Å². The molecule has 1 N–H and O–H groups in total. The van der Waals surface area contributed by atoms with Gasteiger partial charge in [-0.15, -0.1) is 0 Å². The molecule has 4 heteroatoms. The van der Waals surface area contributed by atoms with Crippen molar-refractivity contribution in [1.82, 2.24) is 15.1 Å². The minimum Gasteiger partial charge on any atom is -0.314 e. The zero-order chi connectivity index (χ0) is 12.6. The molecule has 0 bridgehead atoms. The number of rotatable bonds is 5. The van der Waals surface area contributed by atoms with E-state index < -0.39 is 0 Å². The Morgan fingerprint density at radius 2 is 2.24 bits per heavy atom. The van der Waals surface area contributed by atoms with Crippen LogP contribution in [0.15, 0.2) is 0 Å². The lowest BCUT2D eigenvalue weighted by Crippen LogP contribution is -2.33. The highest BCUT2D eigenvalue weighted by atomic mass is 35.5. The molecule has 2 rings (SSSR count). The van der Waals surface area contributed by atoms with Gasteiger partial charge >= 0.3 is 0 Å². The molecule has 3 atom stereocenters. The molecule has 0 amide bonds. The number of hydrogen-bond acceptors (Lipinski definition) is 2. The molecule has 3 unspecified atom stereocenters.